The van der Waals surface area contributed by atoms with Gasteiger partial charge in [0.2, 0.25) is 5.91 Å². The van der Waals surface area contributed by atoms with E-state index in [0.717, 1.165) is 5.56 Å². The van der Waals surface area contributed by atoms with Gasteiger partial charge in [-0.25, -0.2) is 14.4 Å². The number of benzene rings is 1. The van der Waals surface area contributed by atoms with Gasteiger partial charge in [0.05, 0.1) is 24.5 Å². The van der Waals surface area contributed by atoms with Crippen molar-refractivity contribution in [2.75, 3.05) is 13.7 Å². The quantitative estimate of drug-likeness (QED) is 0.348. The van der Waals surface area contributed by atoms with Crippen molar-refractivity contribution in [3.8, 4) is 5.75 Å². The SMILES string of the molecule is COc1cc(C)cc2oc(=O)c(CC(=O)N[C@@H](CCCNC(N)=O)C(=O)O)c(C)c12. The zero-order valence-corrected chi connectivity index (χ0v) is 17.0. The molecular weight excluding hydrogens is 394 g/mol. The number of ether oxygens (including phenoxy) is 1. The summed E-state index contributed by atoms with van der Waals surface area (Å²) in [7, 11) is 1.50. The van der Waals surface area contributed by atoms with Gasteiger partial charge in [0.25, 0.3) is 0 Å². The summed E-state index contributed by atoms with van der Waals surface area (Å²) in [4.78, 5) is 47.0. The Bertz CT molecular complexity index is 1030. The van der Waals surface area contributed by atoms with E-state index in [2.05, 4.69) is 10.6 Å². The summed E-state index contributed by atoms with van der Waals surface area (Å²) in [5.74, 6) is -1.34. The predicted octanol–water partition coefficient (Wildman–Crippen LogP) is 0.979. The third-order valence-electron chi connectivity index (χ3n) is 4.65. The van der Waals surface area contributed by atoms with Crippen LogP contribution in [-0.2, 0) is 16.0 Å². The smallest absolute Gasteiger partial charge is 0.340 e. The first-order valence-corrected chi connectivity index (χ1v) is 9.30. The van der Waals surface area contributed by atoms with Crippen LogP contribution in [0.1, 0.15) is 29.5 Å². The number of rotatable bonds is 9. The first-order chi connectivity index (χ1) is 14.1. The van der Waals surface area contributed by atoms with E-state index in [9.17, 15) is 24.3 Å². The van der Waals surface area contributed by atoms with Gasteiger partial charge in [-0.05, 0) is 49.9 Å². The number of carboxylic acid groups (broad SMARTS) is 1. The lowest BCUT2D eigenvalue weighted by atomic mass is 10.0. The Morgan fingerprint density at radius 3 is 2.57 bits per heavy atom. The van der Waals surface area contributed by atoms with E-state index < -0.39 is 29.6 Å². The fourth-order valence-corrected chi connectivity index (χ4v) is 3.18. The van der Waals surface area contributed by atoms with Crippen LogP contribution in [0.15, 0.2) is 21.3 Å². The van der Waals surface area contributed by atoms with Gasteiger partial charge in [0.15, 0.2) is 0 Å². The molecule has 30 heavy (non-hydrogen) atoms. The molecule has 1 aromatic carbocycles. The Balaban J connectivity index is 2.21. The summed E-state index contributed by atoms with van der Waals surface area (Å²) in [6.07, 6.45) is 0.0398. The van der Waals surface area contributed by atoms with E-state index >= 15 is 0 Å². The van der Waals surface area contributed by atoms with Crippen LogP contribution in [0.2, 0.25) is 0 Å². The normalized spacial score (nSPS) is 11.7. The van der Waals surface area contributed by atoms with Crippen LogP contribution in [-0.4, -0.2) is 42.7 Å². The summed E-state index contributed by atoms with van der Waals surface area (Å²) < 4.78 is 10.7. The van der Waals surface area contributed by atoms with Gasteiger partial charge < -0.3 is 30.6 Å². The van der Waals surface area contributed by atoms with Crippen LogP contribution in [0.3, 0.4) is 0 Å². The Morgan fingerprint density at radius 1 is 1.27 bits per heavy atom. The minimum atomic E-state index is -1.22. The number of carboxylic acids is 1. The van der Waals surface area contributed by atoms with Crippen molar-refractivity contribution < 1.29 is 28.6 Å². The van der Waals surface area contributed by atoms with Crippen molar-refractivity contribution in [3.05, 3.63) is 39.2 Å². The summed E-state index contributed by atoms with van der Waals surface area (Å²) >= 11 is 0. The molecule has 0 aliphatic carbocycles. The second-order valence-electron chi connectivity index (χ2n) is 6.90. The van der Waals surface area contributed by atoms with Crippen molar-refractivity contribution in [2.45, 2.75) is 39.2 Å². The molecule has 10 nitrogen and oxygen atoms in total. The minimum absolute atomic E-state index is 0.0831. The second-order valence-corrected chi connectivity index (χ2v) is 6.90. The van der Waals surface area contributed by atoms with Crippen LogP contribution < -0.4 is 26.7 Å². The van der Waals surface area contributed by atoms with Crippen molar-refractivity contribution >= 4 is 28.9 Å². The monoisotopic (exact) mass is 419 g/mol. The summed E-state index contributed by atoms with van der Waals surface area (Å²) in [5, 5.41) is 14.6. The molecule has 10 heteroatoms. The molecule has 0 unspecified atom stereocenters. The predicted molar refractivity (Wildman–Crippen MR) is 109 cm³/mol. The van der Waals surface area contributed by atoms with Gasteiger partial charge in [0, 0.05) is 6.54 Å². The number of hydrogen-bond donors (Lipinski definition) is 4. The highest BCUT2D eigenvalue weighted by atomic mass is 16.5. The standard InChI is InChI=1S/C20H25N3O7/c1-10-7-14(29-3)17-11(2)12(19(27)30-15(17)8-10)9-16(24)23-13(18(25)26)5-4-6-22-20(21)28/h7-8,13H,4-6,9H2,1-3H3,(H,23,24)(H,25,26)(H3,21,22,28)/t13-/m0/s1. The van der Waals surface area contributed by atoms with Gasteiger partial charge in [0.1, 0.15) is 17.4 Å². The average molecular weight is 419 g/mol. The lowest BCUT2D eigenvalue weighted by Gasteiger charge is -2.15. The van der Waals surface area contributed by atoms with Gasteiger partial charge in [-0.2, -0.15) is 0 Å². The highest BCUT2D eigenvalue weighted by molar-refractivity contribution is 5.90. The summed E-state index contributed by atoms with van der Waals surface area (Å²) in [5.41, 5.74) is 6.14. The first kappa shape index (κ1) is 22.7. The maximum Gasteiger partial charge on any atom is 0.340 e. The number of nitrogens with two attached hydrogens (primary N) is 1. The Hall–Kier alpha value is -3.56. The zero-order valence-electron chi connectivity index (χ0n) is 17.0. The van der Waals surface area contributed by atoms with Crippen LogP contribution in [0.25, 0.3) is 11.0 Å². The highest BCUT2D eigenvalue weighted by Gasteiger charge is 2.22. The molecule has 162 valence electrons. The Kier molecular flexibility index (Phi) is 7.40. The number of aliphatic carboxylic acids is 1. The number of urea groups is 1. The molecule has 3 amide bonds. The van der Waals surface area contributed by atoms with Gasteiger partial charge in [-0.15, -0.1) is 0 Å². The third-order valence-corrected chi connectivity index (χ3v) is 4.65. The fourth-order valence-electron chi connectivity index (χ4n) is 3.18. The number of carbonyl (C=O) groups excluding carboxylic acids is 2. The van der Waals surface area contributed by atoms with Crippen LogP contribution in [0.4, 0.5) is 4.79 Å². The van der Waals surface area contributed by atoms with E-state index in [-0.39, 0.29) is 24.9 Å². The van der Waals surface area contributed by atoms with E-state index in [1.165, 1.54) is 7.11 Å². The number of aryl methyl sites for hydroxylation is 2. The number of amides is 3. The first-order valence-electron chi connectivity index (χ1n) is 9.30. The molecule has 2 rings (SSSR count). The van der Waals surface area contributed by atoms with Crippen LogP contribution in [0, 0.1) is 13.8 Å². The van der Waals surface area contributed by atoms with E-state index in [0.29, 0.717) is 28.7 Å². The Labute approximate surface area is 172 Å². The lowest BCUT2D eigenvalue weighted by Crippen LogP contribution is -2.42. The maximum absolute atomic E-state index is 12.4. The molecule has 0 radical (unpaired) electrons. The molecule has 5 N–H and O–H groups in total. The topological polar surface area (TPSA) is 161 Å². The van der Waals surface area contributed by atoms with Crippen molar-refractivity contribution in [2.24, 2.45) is 5.73 Å². The molecule has 2 aromatic rings. The van der Waals surface area contributed by atoms with Crippen molar-refractivity contribution in [1.29, 1.82) is 0 Å². The highest BCUT2D eigenvalue weighted by Crippen LogP contribution is 2.30. The van der Waals surface area contributed by atoms with Crippen LogP contribution in [0.5, 0.6) is 5.75 Å². The minimum Gasteiger partial charge on any atom is -0.496 e. The van der Waals surface area contributed by atoms with E-state index in [4.69, 9.17) is 14.9 Å². The number of hydrogen-bond acceptors (Lipinski definition) is 6. The molecule has 0 bridgehead atoms. The lowest BCUT2D eigenvalue weighted by molar-refractivity contribution is -0.141. The number of nitrogens with one attached hydrogen (secondary N) is 2. The van der Waals surface area contributed by atoms with E-state index in [1.807, 2.05) is 6.92 Å². The third kappa shape index (κ3) is 5.49. The molecule has 0 aliphatic heterocycles. The number of methoxy groups -OCH3 is 1. The average Bonchev–Trinajstić information content (AvgIpc) is 2.66. The van der Waals surface area contributed by atoms with Gasteiger partial charge in [-0.3, -0.25) is 4.79 Å². The fraction of sp³-hybridized carbons (Fsp3) is 0.400. The van der Waals surface area contributed by atoms with Gasteiger partial charge >= 0.3 is 17.6 Å². The number of primary amides is 1. The maximum atomic E-state index is 12.4. The van der Waals surface area contributed by atoms with Crippen LogP contribution >= 0.6 is 0 Å². The summed E-state index contributed by atoms with van der Waals surface area (Å²) in [6.45, 7) is 3.70. The molecule has 0 saturated carbocycles. The molecule has 0 spiro atoms. The molecular formula is C20H25N3O7. The Morgan fingerprint density at radius 2 is 1.97 bits per heavy atom. The molecule has 0 saturated heterocycles. The molecule has 0 fully saturated rings. The summed E-state index contributed by atoms with van der Waals surface area (Å²) in [6, 6.07) is 1.61. The molecule has 1 aromatic heterocycles. The number of fused-ring (bicyclic) bond motifs is 1. The molecule has 1 atom stereocenters. The van der Waals surface area contributed by atoms with Crippen molar-refractivity contribution in [3.63, 3.8) is 0 Å². The van der Waals surface area contributed by atoms with Gasteiger partial charge in [-0.1, -0.05) is 0 Å². The second kappa shape index (κ2) is 9.77. The van der Waals surface area contributed by atoms with Crippen molar-refractivity contribution in [1.82, 2.24) is 10.6 Å². The largest absolute Gasteiger partial charge is 0.496 e. The molecule has 0 aliphatic rings. The number of carbonyl (C=O) groups is 3. The molecule has 1 heterocycles. The zero-order chi connectivity index (χ0) is 22.4. The van der Waals surface area contributed by atoms with E-state index in [1.54, 1.807) is 19.1 Å².